The fourth-order valence-electron chi connectivity index (χ4n) is 2.52. The molecule has 21 heavy (non-hydrogen) atoms. The number of hydrogen-bond acceptors (Lipinski definition) is 4. The summed E-state index contributed by atoms with van der Waals surface area (Å²) in [5.74, 6) is 1.51. The van der Waals surface area contributed by atoms with Gasteiger partial charge < -0.3 is 15.4 Å². The molecule has 0 saturated heterocycles. The average molecular weight is 293 g/mol. The van der Waals surface area contributed by atoms with Crippen molar-refractivity contribution in [3.63, 3.8) is 0 Å². The lowest BCUT2D eigenvalue weighted by Crippen LogP contribution is -2.40. The lowest BCUT2D eigenvalue weighted by molar-refractivity contribution is 0.163. The molecule has 0 saturated carbocycles. The Balaban J connectivity index is 2.92. The summed E-state index contributed by atoms with van der Waals surface area (Å²) in [6.45, 7) is 8.22. The Morgan fingerprint density at radius 3 is 2.43 bits per heavy atom. The predicted octanol–water partition coefficient (Wildman–Crippen LogP) is 2.21. The van der Waals surface area contributed by atoms with E-state index >= 15 is 0 Å². The smallest absolute Gasteiger partial charge is 0.119 e. The van der Waals surface area contributed by atoms with Gasteiger partial charge in [-0.3, -0.25) is 4.90 Å². The second-order valence-electron chi connectivity index (χ2n) is 6.22. The van der Waals surface area contributed by atoms with Crippen LogP contribution >= 0.6 is 0 Å². The summed E-state index contributed by atoms with van der Waals surface area (Å²) in [4.78, 5) is 4.70. The van der Waals surface area contributed by atoms with Crippen molar-refractivity contribution in [1.82, 2.24) is 9.80 Å². The Morgan fingerprint density at radius 2 is 1.90 bits per heavy atom. The first-order valence-corrected chi connectivity index (χ1v) is 7.70. The summed E-state index contributed by atoms with van der Waals surface area (Å²) < 4.78 is 5.34. The topological polar surface area (TPSA) is 41.7 Å². The van der Waals surface area contributed by atoms with Gasteiger partial charge in [0.25, 0.3) is 0 Å². The van der Waals surface area contributed by atoms with Gasteiger partial charge in [0.05, 0.1) is 7.11 Å². The van der Waals surface area contributed by atoms with Gasteiger partial charge in [-0.15, -0.1) is 0 Å². The highest BCUT2D eigenvalue weighted by Crippen LogP contribution is 2.24. The summed E-state index contributed by atoms with van der Waals surface area (Å²) in [7, 11) is 5.92. The number of nitrogens with two attached hydrogens (primary N) is 1. The molecule has 4 nitrogen and oxygen atoms in total. The quantitative estimate of drug-likeness (QED) is 0.758. The summed E-state index contributed by atoms with van der Waals surface area (Å²) in [5.41, 5.74) is 7.32. The van der Waals surface area contributed by atoms with Crippen LogP contribution in [0.25, 0.3) is 0 Å². The third-order valence-corrected chi connectivity index (χ3v) is 3.58. The van der Waals surface area contributed by atoms with Crippen molar-refractivity contribution in [2.24, 2.45) is 11.7 Å². The minimum absolute atomic E-state index is 0.238. The minimum Gasteiger partial charge on any atom is -0.497 e. The molecule has 0 spiro atoms. The van der Waals surface area contributed by atoms with E-state index in [9.17, 15) is 0 Å². The summed E-state index contributed by atoms with van der Waals surface area (Å²) in [6.07, 6.45) is 0. The molecule has 4 heteroatoms. The molecule has 0 aliphatic carbocycles. The molecule has 0 aromatic heterocycles. The van der Waals surface area contributed by atoms with E-state index in [0.717, 1.165) is 25.4 Å². The van der Waals surface area contributed by atoms with Crippen molar-refractivity contribution in [2.45, 2.75) is 19.9 Å². The number of rotatable bonds is 9. The highest BCUT2D eigenvalue weighted by atomic mass is 16.5. The Labute approximate surface area is 129 Å². The van der Waals surface area contributed by atoms with Crippen LogP contribution in [0, 0.1) is 5.92 Å². The van der Waals surface area contributed by atoms with E-state index in [1.54, 1.807) is 7.11 Å². The van der Waals surface area contributed by atoms with Crippen LogP contribution in [-0.4, -0.2) is 57.2 Å². The number of likely N-dealkylation sites (N-methyl/N-ethyl adjacent to an activating group) is 1. The molecule has 1 aromatic carbocycles. The van der Waals surface area contributed by atoms with Crippen LogP contribution < -0.4 is 10.5 Å². The van der Waals surface area contributed by atoms with Crippen LogP contribution in [0.3, 0.4) is 0 Å². The van der Waals surface area contributed by atoms with Crippen molar-refractivity contribution >= 4 is 0 Å². The molecule has 1 rings (SSSR count). The normalized spacial score (nSPS) is 13.2. The van der Waals surface area contributed by atoms with Crippen LogP contribution in [0.15, 0.2) is 24.3 Å². The first-order chi connectivity index (χ1) is 9.97. The standard InChI is InChI=1S/C17H31N3O/c1-14(2)13-20(10-9-19(3)4)17(12-18)15-7-6-8-16(11-15)21-5/h6-8,11,14,17H,9-10,12-13,18H2,1-5H3. The van der Waals surface area contributed by atoms with Gasteiger partial charge in [0, 0.05) is 32.2 Å². The molecule has 0 radical (unpaired) electrons. The lowest BCUT2D eigenvalue weighted by Gasteiger charge is -2.33. The van der Waals surface area contributed by atoms with Crippen molar-refractivity contribution in [3.05, 3.63) is 29.8 Å². The Kier molecular flexibility index (Phi) is 7.72. The van der Waals surface area contributed by atoms with E-state index in [-0.39, 0.29) is 6.04 Å². The van der Waals surface area contributed by atoms with Gasteiger partial charge in [-0.1, -0.05) is 26.0 Å². The zero-order valence-electron chi connectivity index (χ0n) is 14.2. The van der Waals surface area contributed by atoms with Crippen molar-refractivity contribution in [2.75, 3.05) is 47.4 Å². The first kappa shape index (κ1) is 18.0. The molecule has 0 heterocycles. The zero-order chi connectivity index (χ0) is 15.8. The maximum Gasteiger partial charge on any atom is 0.119 e. The van der Waals surface area contributed by atoms with E-state index in [0.29, 0.717) is 12.5 Å². The van der Waals surface area contributed by atoms with E-state index < -0.39 is 0 Å². The van der Waals surface area contributed by atoms with Gasteiger partial charge in [0.15, 0.2) is 0 Å². The van der Waals surface area contributed by atoms with Crippen LogP contribution in [-0.2, 0) is 0 Å². The summed E-state index contributed by atoms with van der Waals surface area (Å²) in [5, 5.41) is 0. The molecule has 1 aromatic rings. The third kappa shape index (κ3) is 6.04. The molecule has 2 N–H and O–H groups in total. The molecule has 120 valence electrons. The highest BCUT2D eigenvalue weighted by molar-refractivity contribution is 5.30. The fraction of sp³-hybridized carbons (Fsp3) is 0.647. The number of methoxy groups -OCH3 is 1. The fourth-order valence-corrected chi connectivity index (χ4v) is 2.52. The average Bonchev–Trinajstić information content (AvgIpc) is 2.45. The number of nitrogens with zero attached hydrogens (tertiary/aromatic N) is 2. The van der Waals surface area contributed by atoms with Gasteiger partial charge in [-0.25, -0.2) is 0 Å². The SMILES string of the molecule is COc1cccc(C(CN)N(CCN(C)C)CC(C)C)c1. The summed E-state index contributed by atoms with van der Waals surface area (Å²) >= 11 is 0. The van der Waals surface area contributed by atoms with Gasteiger partial charge >= 0.3 is 0 Å². The van der Waals surface area contributed by atoms with Crippen LogP contribution in [0.1, 0.15) is 25.5 Å². The molecule has 1 atom stereocenters. The van der Waals surface area contributed by atoms with E-state index in [2.05, 4.69) is 49.9 Å². The predicted molar refractivity (Wildman–Crippen MR) is 89.8 cm³/mol. The van der Waals surface area contributed by atoms with Crippen molar-refractivity contribution < 1.29 is 4.74 Å². The molecular weight excluding hydrogens is 262 g/mol. The van der Waals surface area contributed by atoms with Gasteiger partial charge in [-0.2, -0.15) is 0 Å². The van der Waals surface area contributed by atoms with Crippen molar-refractivity contribution in [3.8, 4) is 5.75 Å². The Hall–Kier alpha value is -1.10. The molecule has 1 unspecified atom stereocenters. The summed E-state index contributed by atoms with van der Waals surface area (Å²) in [6, 6.07) is 8.49. The minimum atomic E-state index is 0.238. The molecule has 0 aliphatic rings. The highest BCUT2D eigenvalue weighted by Gasteiger charge is 2.20. The number of benzene rings is 1. The van der Waals surface area contributed by atoms with E-state index in [4.69, 9.17) is 10.5 Å². The van der Waals surface area contributed by atoms with Crippen LogP contribution in [0.5, 0.6) is 5.75 Å². The lowest BCUT2D eigenvalue weighted by atomic mass is 10.0. The third-order valence-electron chi connectivity index (χ3n) is 3.58. The number of ether oxygens (including phenoxy) is 1. The second kappa shape index (κ2) is 9.03. The molecule has 0 bridgehead atoms. The van der Waals surface area contributed by atoms with Gasteiger partial charge in [-0.05, 0) is 37.7 Å². The van der Waals surface area contributed by atoms with E-state index in [1.807, 2.05) is 12.1 Å². The molecule has 0 amide bonds. The molecular formula is C17H31N3O. The molecule has 0 fully saturated rings. The zero-order valence-corrected chi connectivity index (χ0v) is 14.2. The maximum absolute atomic E-state index is 6.08. The van der Waals surface area contributed by atoms with Crippen molar-refractivity contribution in [1.29, 1.82) is 0 Å². The van der Waals surface area contributed by atoms with Crippen LogP contribution in [0.4, 0.5) is 0 Å². The Morgan fingerprint density at radius 1 is 1.19 bits per heavy atom. The second-order valence-corrected chi connectivity index (χ2v) is 6.22. The Bertz CT molecular complexity index is 407. The van der Waals surface area contributed by atoms with E-state index in [1.165, 1.54) is 5.56 Å². The van der Waals surface area contributed by atoms with Gasteiger partial charge in [0.1, 0.15) is 5.75 Å². The number of hydrogen-bond donors (Lipinski definition) is 1. The van der Waals surface area contributed by atoms with Gasteiger partial charge in [0.2, 0.25) is 0 Å². The largest absolute Gasteiger partial charge is 0.497 e. The van der Waals surface area contributed by atoms with Crippen LogP contribution in [0.2, 0.25) is 0 Å². The molecule has 0 aliphatic heterocycles. The monoisotopic (exact) mass is 293 g/mol. The first-order valence-electron chi connectivity index (χ1n) is 7.70. The maximum atomic E-state index is 6.08.